The highest BCUT2D eigenvalue weighted by Crippen LogP contribution is 2.28. The number of aryl methyl sites for hydroxylation is 3. The molecule has 0 saturated carbocycles. The monoisotopic (exact) mass is 351 g/mol. The number of aliphatic hydroxyl groups excluding tert-OH is 1. The Morgan fingerprint density at radius 3 is 2.81 bits per heavy atom. The maximum Gasteiger partial charge on any atom is 0.163 e. The zero-order valence-electron chi connectivity index (χ0n) is 15.2. The zero-order chi connectivity index (χ0) is 17.9. The molecule has 6 heteroatoms. The number of anilines is 1. The van der Waals surface area contributed by atoms with Gasteiger partial charge in [-0.2, -0.15) is 5.10 Å². The molecule has 0 aliphatic carbocycles. The van der Waals surface area contributed by atoms with Crippen molar-refractivity contribution in [3.8, 4) is 0 Å². The van der Waals surface area contributed by atoms with Gasteiger partial charge in [-0.05, 0) is 30.7 Å². The van der Waals surface area contributed by atoms with Crippen LogP contribution in [0, 0.1) is 5.92 Å². The lowest BCUT2D eigenvalue weighted by molar-refractivity contribution is 0.208. The Labute approximate surface area is 153 Å². The first-order valence-electron chi connectivity index (χ1n) is 9.33. The minimum Gasteiger partial charge on any atom is -0.396 e. The van der Waals surface area contributed by atoms with Crippen molar-refractivity contribution in [2.45, 2.75) is 25.7 Å². The molecule has 26 heavy (non-hydrogen) atoms. The molecule has 0 amide bonds. The Hall–Kier alpha value is -2.47. The quantitative estimate of drug-likeness (QED) is 0.764. The average Bonchev–Trinajstić information content (AvgIpc) is 3.07. The molecule has 1 aliphatic heterocycles. The van der Waals surface area contributed by atoms with E-state index in [-0.39, 0.29) is 6.61 Å². The van der Waals surface area contributed by atoms with E-state index in [1.54, 1.807) is 0 Å². The smallest absolute Gasteiger partial charge is 0.163 e. The Bertz CT molecular complexity index is 877. The molecule has 1 unspecified atom stereocenters. The van der Waals surface area contributed by atoms with Crippen LogP contribution >= 0.6 is 0 Å². The van der Waals surface area contributed by atoms with E-state index in [1.165, 1.54) is 5.56 Å². The standard InChI is InChI=1S/C20H25N5O/c1-24-19-17(12-21-24)20(25-11-5-8-16(13-25)14-26)23-18(22-19)10-9-15-6-3-2-4-7-15/h2-4,6-7,12,16,26H,5,8-11,13-14H2,1H3. The summed E-state index contributed by atoms with van der Waals surface area (Å²) in [5, 5.41) is 14.9. The zero-order valence-corrected chi connectivity index (χ0v) is 15.2. The number of rotatable bonds is 5. The number of nitrogens with zero attached hydrogens (tertiary/aromatic N) is 5. The molecular formula is C20H25N5O. The molecule has 1 aromatic carbocycles. The maximum atomic E-state index is 9.56. The highest BCUT2D eigenvalue weighted by atomic mass is 16.3. The number of hydrogen-bond donors (Lipinski definition) is 1. The molecular weight excluding hydrogens is 326 g/mol. The summed E-state index contributed by atoms with van der Waals surface area (Å²) in [4.78, 5) is 12.0. The average molecular weight is 351 g/mol. The fraction of sp³-hybridized carbons (Fsp3) is 0.450. The molecule has 2 aromatic heterocycles. The molecule has 0 spiro atoms. The molecule has 6 nitrogen and oxygen atoms in total. The van der Waals surface area contributed by atoms with Crippen molar-refractivity contribution in [1.29, 1.82) is 0 Å². The van der Waals surface area contributed by atoms with Crippen molar-refractivity contribution in [1.82, 2.24) is 19.7 Å². The largest absolute Gasteiger partial charge is 0.396 e. The third-order valence-corrected chi connectivity index (χ3v) is 5.18. The molecule has 1 saturated heterocycles. The van der Waals surface area contributed by atoms with Crippen LogP contribution in [0.1, 0.15) is 24.2 Å². The van der Waals surface area contributed by atoms with Crippen LogP contribution in [0.5, 0.6) is 0 Å². The van der Waals surface area contributed by atoms with Crippen LogP contribution in [0.15, 0.2) is 36.5 Å². The fourth-order valence-electron chi connectivity index (χ4n) is 3.71. The molecule has 4 rings (SSSR count). The first kappa shape index (κ1) is 17.0. The lowest BCUT2D eigenvalue weighted by Gasteiger charge is -2.33. The van der Waals surface area contributed by atoms with Gasteiger partial charge in [0.25, 0.3) is 0 Å². The molecule has 3 aromatic rings. The van der Waals surface area contributed by atoms with Crippen LogP contribution in [0.3, 0.4) is 0 Å². The van der Waals surface area contributed by atoms with Crippen molar-refractivity contribution in [3.63, 3.8) is 0 Å². The molecule has 0 bridgehead atoms. The second-order valence-electron chi connectivity index (χ2n) is 7.09. The van der Waals surface area contributed by atoms with Gasteiger partial charge in [0.1, 0.15) is 11.6 Å². The minimum absolute atomic E-state index is 0.235. The van der Waals surface area contributed by atoms with Crippen molar-refractivity contribution in [2.24, 2.45) is 13.0 Å². The fourth-order valence-corrected chi connectivity index (χ4v) is 3.71. The number of fused-ring (bicyclic) bond motifs is 1. The van der Waals surface area contributed by atoms with Crippen molar-refractivity contribution in [3.05, 3.63) is 47.9 Å². The molecule has 136 valence electrons. The first-order chi connectivity index (χ1) is 12.7. The number of piperidine rings is 1. The van der Waals surface area contributed by atoms with Gasteiger partial charge in [-0.25, -0.2) is 9.97 Å². The lowest BCUT2D eigenvalue weighted by atomic mass is 9.99. The molecule has 1 N–H and O–H groups in total. The van der Waals surface area contributed by atoms with E-state index < -0.39 is 0 Å². The molecule has 0 radical (unpaired) electrons. The number of aromatic nitrogens is 4. The van der Waals surface area contributed by atoms with E-state index in [4.69, 9.17) is 9.97 Å². The molecule has 1 aliphatic rings. The second kappa shape index (κ2) is 7.41. The summed E-state index contributed by atoms with van der Waals surface area (Å²) in [5.74, 6) is 2.13. The maximum absolute atomic E-state index is 9.56. The van der Waals surface area contributed by atoms with Crippen molar-refractivity contribution in [2.75, 3.05) is 24.6 Å². The molecule has 1 atom stereocenters. The van der Waals surface area contributed by atoms with Crippen LogP contribution in [0.2, 0.25) is 0 Å². The van der Waals surface area contributed by atoms with E-state index in [0.717, 1.165) is 61.4 Å². The Morgan fingerprint density at radius 1 is 1.15 bits per heavy atom. The summed E-state index contributed by atoms with van der Waals surface area (Å²) in [7, 11) is 1.92. The minimum atomic E-state index is 0.235. The SMILES string of the molecule is Cn1ncc2c(N3CCCC(CO)C3)nc(CCc3ccccc3)nc21. The topological polar surface area (TPSA) is 67.1 Å². The predicted octanol–water partition coefficient (Wildman–Crippen LogP) is 2.36. The van der Waals surface area contributed by atoms with Crippen LogP contribution in [-0.4, -0.2) is 44.6 Å². The van der Waals surface area contributed by atoms with Gasteiger partial charge < -0.3 is 10.0 Å². The predicted molar refractivity (Wildman–Crippen MR) is 102 cm³/mol. The van der Waals surface area contributed by atoms with Gasteiger partial charge in [-0.1, -0.05) is 30.3 Å². The molecule has 3 heterocycles. The van der Waals surface area contributed by atoms with E-state index in [9.17, 15) is 5.11 Å². The summed E-state index contributed by atoms with van der Waals surface area (Å²) in [5.41, 5.74) is 2.17. The van der Waals surface area contributed by atoms with Gasteiger partial charge in [0.05, 0.1) is 11.6 Å². The van der Waals surface area contributed by atoms with E-state index in [2.05, 4.69) is 34.3 Å². The van der Waals surface area contributed by atoms with Crippen LogP contribution in [0.4, 0.5) is 5.82 Å². The third kappa shape index (κ3) is 3.42. The lowest BCUT2D eigenvalue weighted by Crippen LogP contribution is -2.37. The van der Waals surface area contributed by atoms with Gasteiger partial charge in [-0.3, -0.25) is 4.68 Å². The van der Waals surface area contributed by atoms with Gasteiger partial charge in [0, 0.05) is 33.2 Å². The van der Waals surface area contributed by atoms with Crippen LogP contribution in [-0.2, 0) is 19.9 Å². The van der Waals surface area contributed by atoms with Crippen molar-refractivity contribution >= 4 is 16.9 Å². The Morgan fingerprint density at radius 2 is 2.00 bits per heavy atom. The highest BCUT2D eigenvalue weighted by Gasteiger charge is 2.23. The van der Waals surface area contributed by atoms with Crippen molar-refractivity contribution < 1.29 is 5.11 Å². The summed E-state index contributed by atoms with van der Waals surface area (Å²) < 4.78 is 1.82. The summed E-state index contributed by atoms with van der Waals surface area (Å²) in [6.07, 6.45) is 5.73. The van der Waals surface area contributed by atoms with E-state index >= 15 is 0 Å². The second-order valence-corrected chi connectivity index (χ2v) is 7.09. The Kier molecular flexibility index (Phi) is 4.84. The van der Waals surface area contributed by atoms with Gasteiger partial charge in [-0.15, -0.1) is 0 Å². The van der Waals surface area contributed by atoms with Gasteiger partial charge in [0.2, 0.25) is 0 Å². The van der Waals surface area contributed by atoms with Gasteiger partial charge in [0.15, 0.2) is 5.65 Å². The summed E-state index contributed by atoms with van der Waals surface area (Å²) in [6, 6.07) is 10.4. The third-order valence-electron chi connectivity index (χ3n) is 5.18. The molecule has 1 fully saturated rings. The summed E-state index contributed by atoms with van der Waals surface area (Å²) in [6.45, 7) is 2.05. The van der Waals surface area contributed by atoms with Gasteiger partial charge >= 0.3 is 0 Å². The normalized spacial score (nSPS) is 17.8. The van der Waals surface area contributed by atoms with E-state index in [1.807, 2.05) is 24.0 Å². The highest BCUT2D eigenvalue weighted by molar-refractivity contribution is 5.87. The summed E-state index contributed by atoms with van der Waals surface area (Å²) >= 11 is 0. The number of benzene rings is 1. The number of hydrogen-bond acceptors (Lipinski definition) is 5. The Balaban J connectivity index is 1.65. The van der Waals surface area contributed by atoms with E-state index in [0.29, 0.717) is 5.92 Å². The first-order valence-corrected chi connectivity index (χ1v) is 9.33. The van der Waals surface area contributed by atoms with Crippen LogP contribution < -0.4 is 4.90 Å². The number of aliphatic hydroxyl groups is 1. The van der Waals surface area contributed by atoms with Crippen LogP contribution in [0.25, 0.3) is 11.0 Å².